The third-order valence-corrected chi connectivity index (χ3v) is 3.21. The highest BCUT2D eigenvalue weighted by Crippen LogP contribution is 2.29. The number of rotatable bonds is 3. The molecular formula is C15H15F3N2. The van der Waals surface area contributed by atoms with Crippen LogP contribution in [-0.2, 0) is 0 Å². The molecule has 2 aromatic rings. The summed E-state index contributed by atoms with van der Waals surface area (Å²) in [7, 11) is 0. The van der Waals surface area contributed by atoms with Crippen molar-refractivity contribution in [2.45, 2.75) is 19.9 Å². The van der Waals surface area contributed by atoms with Gasteiger partial charge in [-0.3, -0.25) is 5.84 Å². The molecule has 0 saturated carbocycles. The van der Waals surface area contributed by atoms with Gasteiger partial charge in [-0.2, -0.15) is 0 Å². The minimum absolute atomic E-state index is 0.0293. The summed E-state index contributed by atoms with van der Waals surface area (Å²) >= 11 is 0. The Bertz CT molecular complexity index is 618. The summed E-state index contributed by atoms with van der Waals surface area (Å²) in [5.41, 5.74) is 3.91. The van der Waals surface area contributed by atoms with Gasteiger partial charge in [-0.25, -0.2) is 18.6 Å². The fourth-order valence-electron chi connectivity index (χ4n) is 2.36. The smallest absolute Gasteiger partial charge is 0.128 e. The molecule has 106 valence electrons. The van der Waals surface area contributed by atoms with Gasteiger partial charge in [0.15, 0.2) is 0 Å². The number of nitrogens with two attached hydrogens (primary N) is 1. The first-order valence-electron chi connectivity index (χ1n) is 6.11. The van der Waals surface area contributed by atoms with Crippen molar-refractivity contribution >= 4 is 0 Å². The van der Waals surface area contributed by atoms with Crippen LogP contribution in [-0.4, -0.2) is 0 Å². The molecule has 20 heavy (non-hydrogen) atoms. The zero-order valence-corrected chi connectivity index (χ0v) is 11.2. The summed E-state index contributed by atoms with van der Waals surface area (Å²) in [6, 6.07) is 5.16. The van der Waals surface area contributed by atoms with Crippen molar-refractivity contribution in [3.63, 3.8) is 0 Å². The standard InChI is InChI=1S/C15H15F3N2/c1-8-5-9(2)14(13(18)6-8)15(20-19)11-7-10(16)3-4-12(11)17/h3-7,15,20H,19H2,1-2H3. The fourth-order valence-corrected chi connectivity index (χ4v) is 2.36. The van der Waals surface area contributed by atoms with Gasteiger partial charge in [-0.05, 0) is 49.2 Å². The molecule has 0 fully saturated rings. The third kappa shape index (κ3) is 2.69. The van der Waals surface area contributed by atoms with Gasteiger partial charge in [0.1, 0.15) is 17.5 Å². The number of hydrogen-bond donors (Lipinski definition) is 2. The van der Waals surface area contributed by atoms with Gasteiger partial charge >= 0.3 is 0 Å². The van der Waals surface area contributed by atoms with Crippen LogP contribution in [0.4, 0.5) is 13.2 Å². The topological polar surface area (TPSA) is 38.0 Å². The third-order valence-electron chi connectivity index (χ3n) is 3.21. The van der Waals surface area contributed by atoms with Crippen molar-refractivity contribution in [3.8, 4) is 0 Å². The Balaban J connectivity index is 2.61. The average Bonchev–Trinajstić information content (AvgIpc) is 2.37. The first-order valence-corrected chi connectivity index (χ1v) is 6.11. The van der Waals surface area contributed by atoms with Crippen LogP contribution in [0, 0.1) is 31.3 Å². The zero-order chi connectivity index (χ0) is 14.9. The van der Waals surface area contributed by atoms with E-state index in [0.29, 0.717) is 5.56 Å². The van der Waals surface area contributed by atoms with Gasteiger partial charge in [0, 0.05) is 11.1 Å². The van der Waals surface area contributed by atoms with Crippen LogP contribution in [0.3, 0.4) is 0 Å². The Kier molecular flexibility index (Phi) is 4.11. The highest BCUT2D eigenvalue weighted by molar-refractivity contribution is 5.40. The van der Waals surface area contributed by atoms with Crippen LogP contribution < -0.4 is 11.3 Å². The largest absolute Gasteiger partial charge is 0.271 e. The van der Waals surface area contributed by atoms with Crippen LogP contribution in [0.2, 0.25) is 0 Å². The number of nitrogens with one attached hydrogen (secondary N) is 1. The van der Waals surface area contributed by atoms with Gasteiger partial charge in [0.05, 0.1) is 6.04 Å². The predicted octanol–water partition coefficient (Wildman–Crippen LogP) is 3.27. The van der Waals surface area contributed by atoms with Gasteiger partial charge in [0.2, 0.25) is 0 Å². The highest BCUT2D eigenvalue weighted by Gasteiger charge is 2.22. The van der Waals surface area contributed by atoms with E-state index < -0.39 is 23.5 Å². The second kappa shape index (κ2) is 5.64. The molecular weight excluding hydrogens is 265 g/mol. The first kappa shape index (κ1) is 14.6. The minimum Gasteiger partial charge on any atom is -0.271 e. The number of aryl methyl sites for hydroxylation is 2. The molecule has 0 aliphatic carbocycles. The maximum Gasteiger partial charge on any atom is 0.128 e. The van der Waals surface area contributed by atoms with Crippen LogP contribution >= 0.6 is 0 Å². The molecule has 0 amide bonds. The SMILES string of the molecule is Cc1cc(C)c(C(NN)c2cc(F)ccc2F)c(F)c1. The van der Waals surface area contributed by atoms with E-state index in [1.807, 2.05) is 0 Å². The van der Waals surface area contributed by atoms with Crippen LogP contribution in [0.15, 0.2) is 30.3 Å². The summed E-state index contributed by atoms with van der Waals surface area (Å²) in [6.45, 7) is 3.46. The lowest BCUT2D eigenvalue weighted by Crippen LogP contribution is -2.31. The molecule has 3 N–H and O–H groups in total. The summed E-state index contributed by atoms with van der Waals surface area (Å²) in [6.07, 6.45) is 0. The van der Waals surface area contributed by atoms with Crippen LogP contribution in [0.1, 0.15) is 28.3 Å². The van der Waals surface area contributed by atoms with Crippen LogP contribution in [0.5, 0.6) is 0 Å². The zero-order valence-electron chi connectivity index (χ0n) is 11.2. The van der Waals surface area contributed by atoms with Gasteiger partial charge in [-0.15, -0.1) is 0 Å². The van der Waals surface area contributed by atoms with Gasteiger partial charge in [0.25, 0.3) is 0 Å². The van der Waals surface area contributed by atoms with Crippen molar-refractivity contribution in [2.24, 2.45) is 5.84 Å². The Morgan fingerprint density at radius 3 is 2.30 bits per heavy atom. The monoisotopic (exact) mass is 280 g/mol. The Morgan fingerprint density at radius 1 is 1.00 bits per heavy atom. The second-order valence-electron chi connectivity index (χ2n) is 4.74. The normalized spacial score (nSPS) is 12.5. The molecule has 2 aromatic carbocycles. The quantitative estimate of drug-likeness (QED) is 0.669. The lowest BCUT2D eigenvalue weighted by molar-refractivity contribution is 0.521. The van der Waals surface area contributed by atoms with Crippen LogP contribution in [0.25, 0.3) is 0 Å². The van der Waals surface area contributed by atoms with Crippen molar-refractivity contribution in [1.29, 1.82) is 0 Å². The second-order valence-corrected chi connectivity index (χ2v) is 4.74. The van der Waals surface area contributed by atoms with E-state index in [1.54, 1.807) is 19.9 Å². The fraction of sp³-hybridized carbons (Fsp3) is 0.200. The molecule has 0 bridgehead atoms. The molecule has 0 aliphatic rings. The summed E-state index contributed by atoms with van der Waals surface area (Å²) in [5, 5.41) is 0. The average molecular weight is 280 g/mol. The summed E-state index contributed by atoms with van der Waals surface area (Å²) < 4.78 is 41.3. The Labute approximate surface area is 115 Å². The molecule has 0 aromatic heterocycles. The first-order chi connectivity index (χ1) is 9.43. The van der Waals surface area contributed by atoms with E-state index in [2.05, 4.69) is 5.43 Å². The Morgan fingerprint density at radius 2 is 1.70 bits per heavy atom. The van der Waals surface area contributed by atoms with Crippen molar-refractivity contribution in [2.75, 3.05) is 0 Å². The summed E-state index contributed by atoms with van der Waals surface area (Å²) in [4.78, 5) is 0. The molecule has 0 spiro atoms. The van der Waals surface area contributed by atoms with Crippen molar-refractivity contribution in [3.05, 3.63) is 70.0 Å². The Hall–Kier alpha value is -1.85. The van der Waals surface area contributed by atoms with Crippen molar-refractivity contribution in [1.82, 2.24) is 5.43 Å². The number of hydrogen-bond acceptors (Lipinski definition) is 2. The maximum absolute atomic E-state index is 14.2. The molecule has 5 heteroatoms. The summed E-state index contributed by atoms with van der Waals surface area (Å²) in [5.74, 6) is 3.67. The number of halogens is 3. The molecule has 0 saturated heterocycles. The lowest BCUT2D eigenvalue weighted by atomic mass is 9.93. The minimum atomic E-state index is -0.952. The molecule has 0 aliphatic heterocycles. The molecule has 2 nitrogen and oxygen atoms in total. The maximum atomic E-state index is 14.2. The predicted molar refractivity (Wildman–Crippen MR) is 71.4 cm³/mol. The van der Waals surface area contributed by atoms with E-state index in [-0.39, 0.29) is 11.1 Å². The molecule has 1 unspecified atom stereocenters. The van der Waals surface area contributed by atoms with Crippen molar-refractivity contribution < 1.29 is 13.2 Å². The molecule has 1 atom stereocenters. The number of benzene rings is 2. The molecule has 0 heterocycles. The van der Waals surface area contributed by atoms with Gasteiger partial charge in [-0.1, -0.05) is 6.07 Å². The van der Waals surface area contributed by atoms with E-state index in [9.17, 15) is 13.2 Å². The van der Waals surface area contributed by atoms with E-state index in [1.165, 1.54) is 6.07 Å². The van der Waals surface area contributed by atoms with E-state index >= 15 is 0 Å². The number of hydrazine groups is 1. The van der Waals surface area contributed by atoms with Gasteiger partial charge < -0.3 is 0 Å². The lowest BCUT2D eigenvalue weighted by Gasteiger charge is -2.21. The molecule has 2 rings (SSSR count). The van der Waals surface area contributed by atoms with E-state index in [0.717, 1.165) is 23.8 Å². The highest BCUT2D eigenvalue weighted by atomic mass is 19.1. The molecule has 0 radical (unpaired) electrons. The van der Waals surface area contributed by atoms with E-state index in [4.69, 9.17) is 5.84 Å².